The van der Waals surface area contributed by atoms with Crippen LogP contribution < -0.4 is 10.2 Å². The highest BCUT2D eigenvalue weighted by Gasteiger charge is 2.21. The molecule has 3 rings (SSSR count). The van der Waals surface area contributed by atoms with E-state index in [9.17, 15) is 9.18 Å². The van der Waals surface area contributed by atoms with Crippen molar-refractivity contribution in [3.8, 4) is 0 Å². The number of hydrogen-bond donors (Lipinski definition) is 1. The van der Waals surface area contributed by atoms with Crippen molar-refractivity contribution in [2.75, 3.05) is 31.6 Å². The number of amides is 1. The Bertz CT molecular complexity index is 700. The summed E-state index contributed by atoms with van der Waals surface area (Å²) in [6.45, 7) is 2.79. The first-order chi connectivity index (χ1) is 12.6. The van der Waals surface area contributed by atoms with E-state index >= 15 is 0 Å². The zero-order valence-electron chi connectivity index (χ0n) is 15.1. The number of anilines is 1. The highest BCUT2D eigenvalue weighted by Crippen LogP contribution is 2.20. The zero-order valence-corrected chi connectivity index (χ0v) is 15.1. The summed E-state index contributed by atoms with van der Waals surface area (Å²) in [6, 6.07) is 10.7. The summed E-state index contributed by atoms with van der Waals surface area (Å²) in [4.78, 5) is 20.6. The van der Waals surface area contributed by atoms with Crippen molar-refractivity contribution in [1.82, 2.24) is 15.2 Å². The molecule has 1 saturated heterocycles. The molecular weight excluding hydrogens is 331 g/mol. The van der Waals surface area contributed by atoms with E-state index in [-0.39, 0.29) is 17.8 Å². The van der Waals surface area contributed by atoms with Gasteiger partial charge in [0.05, 0.1) is 6.54 Å². The highest BCUT2D eigenvalue weighted by molar-refractivity contribution is 5.78. The Hall–Kier alpha value is -2.47. The van der Waals surface area contributed by atoms with Crippen LogP contribution >= 0.6 is 0 Å². The largest absolute Gasteiger partial charge is 0.371 e. The van der Waals surface area contributed by atoms with Gasteiger partial charge in [-0.2, -0.15) is 0 Å². The number of piperidine rings is 1. The Morgan fingerprint density at radius 3 is 2.65 bits per heavy atom. The molecule has 0 radical (unpaired) electrons. The smallest absolute Gasteiger partial charge is 0.234 e. The summed E-state index contributed by atoms with van der Waals surface area (Å²) >= 11 is 0. The summed E-state index contributed by atoms with van der Waals surface area (Å²) in [7, 11) is 1.93. The van der Waals surface area contributed by atoms with E-state index in [1.54, 1.807) is 6.20 Å². The number of likely N-dealkylation sites (N-methyl/N-ethyl adjacent to an activating group) is 1. The molecule has 0 bridgehead atoms. The van der Waals surface area contributed by atoms with Crippen molar-refractivity contribution in [2.45, 2.75) is 25.4 Å². The third-order valence-electron chi connectivity index (χ3n) is 4.64. The van der Waals surface area contributed by atoms with Crippen molar-refractivity contribution in [3.63, 3.8) is 0 Å². The molecule has 1 N–H and O–H groups in total. The normalized spacial score (nSPS) is 15.3. The second-order valence-corrected chi connectivity index (χ2v) is 6.84. The second kappa shape index (κ2) is 8.76. The van der Waals surface area contributed by atoms with Gasteiger partial charge >= 0.3 is 0 Å². The first-order valence-electron chi connectivity index (χ1n) is 8.97. The van der Waals surface area contributed by atoms with Crippen LogP contribution in [0.1, 0.15) is 18.4 Å². The Balaban J connectivity index is 1.41. The fourth-order valence-electron chi connectivity index (χ4n) is 3.31. The van der Waals surface area contributed by atoms with Crippen LogP contribution in [0.15, 0.2) is 48.8 Å². The number of nitrogens with zero attached hydrogens (tertiary/aromatic N) is 3. The number of aromatic nitrogens is 1. The predicted octanol–water partition coefficient (Wildman–Crippen LogP) is 2.44. The fourth-order valence-corrected chi connectivity index (χ4v) is 3.31. The summed E-state index contributed by atoms with van der Waals surface area (Å²) in [5, 5.41) is 3.13. The summed E-state index contributed by atoms with van der Waals surface area (Å²) in [5.74, 6) is -0.164. The molecule has 26 heavy (non-hydrogen) atoms. The molecule has 1 aromatic heterocycles. The van der Waals surface area contributed by atoms with E-state index < -0.39 is 0 Å². The number of benzene rings is 1. The molecule has 0 saturated carbocycles. The maximum atomic E-state index is 13.0. The quantitative estimate of drug-likeness (QED) is 0.864. The number of hydrogen-bond acceptors (Lipinski definition) is 4. The van der Waals surface area contributed by atoms with E-state index in [0.717, 1.165) is 37.2 Å². The molecule has 6 heteroatoms. The average Bonchev–Trinajstić information content (AvgIpc) is 2.64. The van der Waals surface area contributed by atoms with Crippen LogP contribution in [-0.2, 0) is 11.3 Å². The Kier molecular flexibility index (Phi) is 6.17. The van der Waals surface area contributed by atoms with E-state index in [2.05, 4.69) is 15.2 Å². The lowest BCUT2D eigenvalue weighted by Crippen LogP contribution is -2.47. The Morgan fingerprint density at radius 2 is 2.00 bits per heavy atom. The topological polar surface area (TPSA) is 48.5 Å². The predicted molar refractivity (Wildman–Crippen MR) is 100 cm³/mol. The van der Waals surface area contributed by atoms with Gasteiger partial charge in [-0.15, -0.1) is 0 Å². The molecule has 1 aromatic carbocycles. The third kappa shape index (κ3) is 5.26. The van der Waals surface area contributed by atoms with Gasteiger partial charge in [-0.3, -0.25) is 14.7 Å². The molecule has 2 aromatic rings. The lowest BCUT2D eigenvalue weighted by atomic mass is 10.0. The van der Waals surface area contributed by atoms with Gasteiger partial charge < -0.3 is 10.2 Å². The van der Waals surface area contributed by atoms with Gasteiger partial charge in [-0.05, 0) is 55.8 Å². The van der Waals surface area contributed by atoms with Gasteiger partial charge in [0, 0.05) is 43.8 Å². The Labute approximate surface area is 153 Å². The number of carbonyl (C=O) groups excluding carboxylic acids is 1. The number of nitrogens with one attached hydrogen (secondary N) is 1. The monoisotopic (exact) mass is 356 g/mol. The van der Waals surface area contributed by atoms with Gasteiger partial charge in [0.2, 0.25) is 5.91 Å². The van der Waals surface area contributed by atoms with Crippen LogP contribution in [0.5, 0.6) is 0 Å². The molecule has 138 valence electrons. The van der Waals surface area contributed by atoms with Gasteiger partial charge in [-0.1, -0.05) is 6.07 Å². The lowest BCUT2D eigenvalue weighted by molar-refractivity contribution is -0.122. The minimum absolute atomic E-state index is 0.0524. The van der Waals surface area contributed by atoms with Gasteiger partial charge in [0.25, 0.3) is 0 Å². The van der Waals surface area contributed by atoms with Crippen LogP contribution in [0.2, 0.25) is 0 Å². The van der Waals surface area contributed by atoms with Gasteiger partial charge in [0.1, 0.15) is 5.82 Å². The number of rotatable bonds is 6. The van der Waals surface area contributed by atoms with Crippen LogP contribution in [0.4, 0.5) is 10.1 Å². The molecule has 5 nitrogen and oxygen atoms in total. The second-order valence-electron chi connectivity index (χ2n) is 6.84. The molecule has 1 amide bonds. The molecule has 0 unspecified atom stereocenters. The van der Waals surface area contributed by atoms with E-state index in [4.69, 9.17) is 0 Å². The standard InChI is InChI=1S/C20H25FN4O/c1-24(14-16-3-2-10-22-13-16)15-20(26)23-18-8-11-25(12-9-18)19-6-4-17(21)5-7-19/h2-7,10,13,18H,8-9,11-12,14-15H2,1H3,(H,23,26). The van der Waals surface area contributed by atoms with Crippen molar-refractivity contribution in [3.05, 3.63) is 60.2 Å². The molecule has 0 atom stereocenters. The van der Waals surface area contributed by atoms with E-state index in [1.807, 2.05) is 42.4 Å². The molecule has 1 fully saturated rings. The minimum Gasteiger partial charge on any atom is -0.371 e. The van der Waals surface area contributed by atoms with Gasteiger partial charge in [-0.25, -0.2) is 4.39 Å². The molecule has 1 aliphatic rings. The number of halogens is 1. The molecular formula is C20H25FN4O. The summed E-state index contributed by atoms with van der Waals surface area (Å²) < 4.78 is 13.0. The molecule has 0 spiro atoms. The van der Waals surface area contributed by atoms with Crippen LogP contribution in [0, 0.1) is 5.82 Å². The van der Waals surface area contributed by atoms with Crippen molar-refractivity contribution >= 4 is 11.6 Å². The van der Waals surface area contributed by atoms with Crippen LogP contribution in [0.25, 0.3) is 0 Å². The number of carbonyl (C=O) groups is 1. The third-order valence-corrected chi connectivity index (χ3v) is 4.64. The number of pyridine rings is 1. The summed E-state index contributed by atoms with van der Waals surface area (Å²) in [5.41, 5.74) is 2.13. The summed E-state index contributed by atoms with van der Waals surface area (Å²) in [6.07, 6.45) is 5.36. The van der Waals surface area contributed by atoms with E-state index in [0.29, 0.717) is 13.1 Å². The average molecular weight is 356 g/mol. The van der Waals surface area contributed by atoms with Crippen LogP contribution in [0.3, 0.4) is 0 Å². The van der Waals surface area contributed by atoms with Gasteiger partial charge in [0.15, 0.2) is 0 Å². The first kappa shape index (κ1) is 18.3. The lowest BCUT2D eigenvalue weighted by Gasteiger charge is -2.34. The maximum absolute atomic E-state index is 13.0. The molecule has 0 aliphatic carbocycles. The highest BCUT2D eigenvalue weighted by atomic mass is 19.1. The minimum atomic E-state index is -0.216. The Morgan fingerprint density at radius 1 is 1.27 bits per heavy atom. The first-order valence-corrected chi connectivity index (χ1v) is 8.97. The van der Waals surface area contributed by atoms with Crippen molar-refractivity contribution in [1.29, 1.82) is 0 Å². The van der Waals surface area contributed by atoms with Crippen molar-refractivity contribution in [2.24, 2.45) is 0 Å². The zero-order chi connectivity index (χ0) is 18.4. The fraction of sp³-hybridized carbons (Fsp3) is 0.400. The van der Waals surface area contributed by atoms with Crippen molar-refractivity contribution < 1.29 is 9.18 Å². The SMILES string of the molecule is CN(CC(=O)NC1CCN(c2ccc(F)cc2)CC1)Cc1cccnc1. The molecule has 1 aliphatic heterocycles. The van der Waals surface area contributed by atoms with E-state index in [1.165, 1.54) is 12.1 Å². The molecule has 2 heterocycles. The maximum Gasteiger partial charge on any atom is 0.234 e. The van der Waals surface area contributed by atoms with Crippen LogP contribution in [-0.4, -0.2) is 48.5 Å².